The summed E-state index contributed by atoms with van der Waals surface area (Å²) in [6.07, 6.45) is 7.43. The number of carbonyl (C=O) groups excluding carboxylic acids is 1. The van der Waals surface area contributed by atoms with E-state index in [1.165, 1.54) is 41.3 Å². The first kappa shape index (κ1) is 26.1. The highest BCUT2D eigenvalue weighted by Gasteiger charge is 2.12. The van der Waals surface area contributed by atoms with Crippen LogP contribution in [0, 0.1) is 0 Å². The SMILES string of the molecule is CCCCCCOc1ccc(C=NNC(=O)Cn2cnc3sc(-c4ccccc4)cc3c2=O)cc1OC. The number of methoxy groups -OCH3 is 1. The van der Waals surface area contributed by atoms with Gasteiger partial charge in [-0.25, -0.2) is 10.4 Å². The second kappa shape index (κ2) is 12.8. The zero-order valence-electron chi connectivity index (χ0n) is 21.0. The van der Waals surface area contributed by atoms with E-state index < -0.39 is 5.91 Å². The van der Waals surface area contributed by atoms with E-state index in [4.69, 9.17) is 9.47 Å². The molecule has 8 nitrogen and oxygen atoms in total. The molecule has 1 amide bonds. The number of amides is 1. The molecule has 0 spiro atoms. The maximum absolute atomic E-state index is 12.9. The molecule has 0 atom stereocenters. The van der Waals surface area contributed by atoms with Crippen molar-refractivity contribution < 1.29 is 14.3 Å². The van der Waals surface area contributed by atoms with Gasteiger partial charge in [-0.3, -0.25) is 14.2 Å². The van der Waals surface area contributed by atoms with Gasteiger partial charge < -0.3 is 9.47 Å². The number of fused-ring (bicyclic) bond motifs is 1. The van der Waals surface area contributed by atoms with Gasteiger partial charge in [-0.2, -0.15) is 5.10 Å². The number of ether oxygens (including phenoxy) is 2. The van der Waals surface area contributed by atoms with Crippen LogP contribution in [0.15, 0.2) is 70.8 Å². The first-order chi connectivity index (χ1) is 18.1. The lowest BCUT2D eigenvalue weighted by molar-refractivity contribution is -0.121. The minimum absolute atomic E-state index is 0.191. The number of unbranched alkanes of at least 4 members (excludes halogenated alkanes) is 3. The Labute approximate surface area is 219 Å². The highest BCUT2D eigenvalue weighted by molar-refractivity contribution is 7.21. The van der Waals surface area contributed by atoms with E-state index in [2.05, 4.69) is 22.4 Å². The third kappa shape index (κ3) is 6.83. The summed E-state index contributed by atoms with van der Waals surface area (Å²) in [4.78, 5) is 31.3. The molecule has 0 aliphatic rings. The predicted molar refractivity (Wildman–Crippen MR) is 148 cm³/mol. The maximum atomic E-state index is 12.9. The van der Waals surface area contributed by atoms with Crippen LogP contribution in [0.2, 0.25) is 0 Å². The number of hydrazone groups is 1. The molecule has 0 saturated heterocycles. The molecule has 4 rings (SSSR count). The molecule has 4 aromatic rings. The summed E-state index contributed by atoms with van der Waals surface area (Å²) in [5.74, 6) is 0.839. The summed E-state index contributed by atoms with van der Waals surface area (Å²) >= 11 is 1.45. The average molecular weight is 519 g/mol. The quantitative estimate of drug-likeness (QED) is 0.157. The average Bonchev–Trinajstić information content (AvgIpc) is 3.36. The van der Waals surface area contributed by atoms with Gasteiger partial charge in [0.25, 0.3) is 11.5 Å². The predicted octanol–water partition coefficient (Wildman–Crippen LogP) is 5.24. The number of hydrogen-bond acceptors (Lipinski definition) is 7. The number of thiophene rings is 1. The van der Waals surface area contributed by atoms with E-state index >= 15 is 0 Å². The van der Waals surface area contributed by atoms with Gasteiger partial charge in [-0.05, 0) is 41.8 Å². The second-order valence-corrected chi connectivity index (χ2v) is 9.52. The number of nitrogens with zero attached hydrogens (tertiary/aromatic N) is 3. The highest BCUT2D eigenvalue weighted by atomic mass is 32.1. The molecule has 37 heavy (non-hydrogen) atoms. The standard InChI is InChI=1S/C28H30N4O4S/c1-3-4-5-9-14-36-23-13-12-20(15-24(23)35-2)17-30-31-26(33)18-32-19-29-27-22(28(32)34)16-25(37-27)21-10-7-6-8-11-21/h6-8,10-13,15-17,19H,3-5,9,14,18H2,1-2H3,(H,31,33). The fourth-order valence-electron chi connectivity index (χ4n) is 3.78. The Morgan fingerprint density at radius 1 is 1.11 bits per heavy atom. The van der Waals surface area contributed by atoms with Crippen LogP contribution in [0.1, 0.15) is 38.2 Å². The topological polar surface area (TPSA) is 94.8 Å². The Morgan fingerprint density at radius 3 is 2.73 bits per heavy atom. The molecular formula is C28H30N4O4S. The molecule has 1 N–H and O–H groups in total. The van der Waals surface area contributed by atoms with Crippen LogP contribution in [0.25, 0.3) is 20.7 Å². The summed E-state index contributed by atoms with van der Waals surface area (Å²) in [5.41, 5.74) is 3.96. The molecule has 9 heteroatoms. The van der Waals surface area contributed by atoms with Crippen molar-refractivity contribution in [3.63, 3.8) is 0 Å². The fourth-order valence-corrected chi connectivity index (χ4v) is 4.78. The number of benzene rings is 2. The third-order valence-electron chi connectivity index (χ3n) is 5.74. The first-order valence-electron chi connectivity index (χ1n) is 12.3. The van der Waals surface area contributed by atoms with Crippen LogP contribution < -0.4 is 20.5 Å². The van der Waals surface area contributed by atoms with Crippen LogP contribution in [0.4, 0.5) is 0 Å². The van der Waals surface area contributed by atoms with Gasteiger partial charge in [-0.15, -0.1) is 11.3 Å². The molecular weight excluding hydrogens is 488 g/mol. The van der Waals surface area contributed by atoms with E-state index in [1.54, 1.807) is 13.2 Å². The summed E-state index contributed by atoms with van der Waals surface area (Å²) < 4.78 is 12.5. The van der Waals surface area contributed by atoms with Gasteiger partial charge in [0, 0.05) is 4.88 Å². The van der Waals surface area contributed by atoms with Crippen molar-refractivity contribution in [1.29, 1.82) is 0 Å². The fraction of sp³-hybridized carbons (Fsp3) is 0.286. The van der Waals surface area contributed by atoms with Crippen molar-refractivity contribution in [3.05, 3.63) is 76.8 Å². The van der Waals surface area contributed by atoms with Crippen molar-refractivity contribution in [2.75, 3.05) is 13.7 Å². The highest BCUT2D eigenvalue weighted by Crippen LogP contribution is 2.30. The minimum Gasteiger partial charge on any atom is -0.493 e. The molecule has 2 heterocycles. The van der Waals surface area contributed by atoms with E-state index in [0.717, 1.165) is 28.8 Å². The number of hydrogen-bond donors (Lipinski definition) is 1. The van der Waals surface area contributed by atoms with Crippen molar-refractivity contribution >= 4 is 33.7 Å². The van der Waals surface area contributed by atoms with E-state index in [-0.39, 0.29) is 12.1 Å². The Balaban J connectivity index is 1.36. The van der Waals surface area contributed by atoms with Gasteiger partial charge >= 0.3 is 0 Å². The van der Waals surface area contributed by atoms with Gasteiger partial charge in [0.2, 0.25) is 0 Å². The Morgan fingerprint density at radius 2 is 1.95 bits per heavy atom. The van der Waals surface area contributed by atoms with Crippen molar-refractivity contribution in [3.8, 4) is 21.9 Å². The Kier molecular flexibility index (Phi) is 9.04. The molecule has 0 bridgehead atoms. The van der Waals surface area contributed by atoms with Gasteiger partial charge in [0.15, 0.2) is 11.5 Å². The molecule has 0 saturated carbocycles. The Bertz CT molecular complexity index is 1430. The number of carbonyl (C=O) groups is 1. The van der Waals surface area contributed by atoms with Crippen LogP contribution >= 0.6 is 11.3 Å². The summed E-state index contributed by atoms with van der Waals surface area (Å²) in [6, 6.07) is 17.1. The number of aromatic nitrogens is 2. The van der Waals surface area contributed by atoms with E-state index in [0.29, 0.717) is 28.3 Å². The smallest absolute Gasteiger partial charge is 0.262 e. The molecule has 0 unspecified atom stereocenters. The van der Waals surface area contributed by atoms with Crippen molar-refractivity contribution in [2.45, 2.75) is 39.2 Å². The largest absolute Gasteiger partial charge is 0.493 e. The second-order valence-electron chi connectivity index (χ2n) is 8.49. The monoisotopic (exact) mass is 518 g/mol. The summed E-state index contributed by atoms with van der Waals surface area (Å²) in [5, 5.41) is 4.51. The molecule has 2 aromatic carbocycles. The van der Waals surface area contributed by atoms with Gasteiger partial charge in [-0.1, -0.05) is 56.5 Å². The van der Waals surface area contributed by atoms with Crippen LogP contribution in [0.3, 0.4) is 0 Å². The lowest BCUT2D eigenvalue weighted by atomic mass is 10.2. The lowest BCUT2D eigenvalue weighted by Gasteiger charge is -2.11. The minimum atomic E-state index is -0.433. The zero-order chi connectivity index (χ0) is 26.0. The van der Waals surface area contributed by atoms with Crippen molar-refractivity contribution in [2.24, 2.45) is 5.10 Å². The summed E-state index contributed by atoms with van der Waals surface area (Å²) in [7, 11) is 1.58. The van der Waals surface area contributed by atoms with Crippen LogP contribution in [0.5, 0.6) is 11.5 Å². The molecule has 0 fully saturated rings. The number of nitrogens with one attached hydrogen (secondary N) is 1. The van der Waals surface area contributed by atoms with Gasteiger partial charge in [0.1, 0.15) is 11.4 Å². The first-order valence-corrected chi connectivity index (χ1v) is 13.1. The summed E-state index contributed by atoms with van der Waals surface area (Å²) in [6.45, 7) is 2.62. The lowest BCUT2D eigenvalue weighted by Crippen LogP contribution is -2.29. The zero-order valence-corrected chi connectivity index (χ0v) is 21.8. The normalized spacial score (nSPS) is 11.2. The third-order valence-corrected chi connectivity index (χ3v) is 6.83. The van der Waals surface area contributed by atoms with Crippen molar-refractivity contribution in [1.82, 2.24) is 15.0 Å². The molecule has 192 valence electrons. The van der Waals surface area contributed by atoms with Crippen LogP contribution in [-0.4, -0.2) is 35.4 Å². The van der Waals surface area contributed by atoms with E-state index in [1.807, 2.05) is 48.5 Å². The maximum Gasteiger partial charge on any atom is 0.262 e. The van der Waals surface area contributed by atoms with E-state index in [9.17, 15) is 9.59 Å². The van der Waals surface area contributed by atoms with Crippen LogP contribution in [-0.2, 0) is 11.3 Å². The molecule has 0 aliphatic heterocycles. The van der Waals surface area contributed by atoms with Gasteiger partial charge in [0.05, 0.1) is 31.6 Å². The Hall–Kier alpha value is -3.98. The molecule has 0 radical (unpaired) electrons. The molecule has 0 aliphatic carbocycles. The molecule has 2 aromatic heterocycles. The number of rotatable bonds is 12.